The summed E-state index contributed by atoms with van der Waals surface area (Å²) in [5.74, 6) is 0.841. The van der Waals surface area contributed by atoms with Crippen molar-refractivity contribution < 1.29 is 9.90 Å². The molecule has 1 aliphatic heterocycles. The zero-order chi connectivity index (χ0) is 17.7. The molecule has 1 aromatic carbocycles. The Kier molecular flexibility index (Phi) is 6.78. The molecular weight excluding hydrogens is 302 g/mol. The van der Waals surface area contributed by atoms with Crippen LogP contribution in [-0.2, 0) is 4.79 Å². The van der Waals surface area contributed by atoms with Crippen molar-refractivity contribution in [3.63, 3.8) is 0 Å². The molecule has 1 fully saturated rings. The summed E-state index contributed by atoms with van der Waals surface area (Å²) in [6, 6.07) is 10.5. The Bertz CT molecular complexity index is 519. The van der Waals surface area contributed by atoms with Crippen LogP contribution in [0.15, 0.2) is 30.3 Å². The number of carbonyl (C=O) groups is 1. The van der Waals surface area contributed by atoms with Crippen molar-refractivity contribution in [1.29, 1.82) is 0 Å². The van der Waals surface area contributed by atoms with E-state index in [0.29, 0.717) is 19.0 Å². The molecule has 0 aliphatic carbocycles. The first-order valence-electron chi connectivity index (χ1n) is 8.76. The fourth-order valence-electron chi connectivity index (χ4n) is 3.44. The Morgan fingerprint density at radius 1 is 1.21 bits per heavy atom. The summed E-state index contributed by atoms with van der Waals surface area (Å²) in [6.07, 6.45) is 0. The van der Waals surface area contributed by atoms with E-state index < -0.39 is 0 Å². The SMILES string of the molecule is CC(C)CN(C[C@H]1N[C@H](CO)[C@H]1c1ccccc1)C(=O)CN(C)C. The molecule has 2 rings (SSSR count). The molecule has 0 unspecified atom stereocenters. The van der Waals surface area contributed by atoms with Crippen molar-refractivity contribution in [1.82, 2.24) is 15.1 Å². The molecule has 134 valence electrons. The van der Waals surface area contributed by atoms with Crippen LogP contribution in [0.1, 0.15) is 25.3 Å². The third kappa shape index (κ3) is 4.79. The second-order valence-electron chi connectivity index (χ2n) is 7.43. The molecular formula is C19H31N3O2. The maximum atomic E-state index is 12.6. The number of hydrogen-bond donors (Lipinski definition) is 2. The van der Waals surface area contributed by atoms with Crippen LogP contribution in [0.2, 0.25) is 0 Å². The molecule has 2 N–H and O–H groups in total. The molecule has 1 saturated heterocycles. The number of rotatable bonds is 8. The Labute approximate surface area is 145 Å². The lowest BCUT2D eigenvalue weighted by Gasteiger charge is -2.48. The summed E-state index contributed by atoms with van der Waals surface area (Å²) in [4.78, 5) is 16.4. The largest absolute Gasteiger partial charge is 0.395 e. The molecule has 0 spiro atoms. The summed E-state index contributed by atoms with van der Waals surface area (Å²) >= 11 is 0. The molecule has 0 radical (unpaired) electrons. The Balaban J connectivity index is 2.08. The monoisotopic (exact) mass is 333 g/mol. The number of aliphatic hydroxyl groups is 1. The smallest absolute Gasteiger partial charge is 0.236 e. The van der Waals surface area contributed by atoms with Gasteiger partial charge >= 0.3 is 0 Å². The van der Waals surface area contributed by atoms with E-state index in [4.69, 9.17) is 0 Å². The van der Waals surface area contributed by atoms with E-state index in [0.717, 1.165) is 6.54 Å². The number of likely N-dealkylation sites (N-methyl/N-ethyl adjacent to an activating group) is 1. The van der Waals surface area contributed by atoms with Crippen LogP contribution in [-0.4, -0.2) is 73.2 Å². The van der Waals surface area contributed by atoms with Crippen LogP contribution in [0.3, 0.4) is 0 Å². The fourth-order valence-corrected chi connectivity index (χ4v) is 3.44. The quantitative estimate of drug-likeness (QED) is 0.749. The van der Waals surface area contributed by atoms with Crippen LogP contribution in [0.25, 0.3) is 0 Å². The number of aliphatic hydroxyl groups excluding tert-OH is 1. The van der Waals surface area contributed by atoms with Crippen LogP contribution in [0.5, 0.6) is 0 Å². The Hall–Kier alpha value is -1.43. The number of benzene rings is 1. The van der Waals surface area contributed by atoms with Gasteiger partial charge in [0.1, 0.15) is 0 Å². The lowest BCUT2D eigenvalue weighted by atomic mass is 9.77. The first kappa shape index (κ1) is 18.9. The van der Waals surface area contributed by atoms with Gasteiger partial charge in [0.05, 0.1) is 13.2 Å². The van der Waals surface area contributed by atoms with Crippen LogP contribution >= 0.6 is 0 Å². The topological polar surface area (TPSA) is 55.8 Å². The van der Waals surface area contributed by atoms with Crippen LogP contribution < -0.4 is 5.32 Å². The van der Waals surface area contributed by atoms with E-state index in [1.54, 1.807) is 0 Å². The van der Waals surface area contributed by atoms with Gasteiger partial charge in [0, 0.05) is 31.1 Å². The zero-order valence-corrected chi connectivity index (χ0v) is 15.3. The molecule has 0 bridgehead atoms. The van der Waals surface area contributed by atoms with E-state index in [2.05, 4.69) is 31.3 Å². The molecule has 1 aliphatic rings. The standard InChI is InChI=1S/C19H31N3O2/c1-14(2)10-22(18(24)12-21(3)4)11-16-19(17(13-23)20-16)15-8-6-5-7-9-15/h5-9,14,16-17,19-20,23H,10-13H2,1-4H3/t16-,17-,19+/m1/s1. The number of hydrogen-bond acceptors (Lipinski definition) is 4. The third-order valence-corrected chi connectivity index (χ3v) is 4.48. The molecule has 24 heavy (non-hydrogen) atoms. The van der Waals surface area contributed by atoms with Crippen LogP contribution in [0, 0.1) is 5.92 Å². The highest BCUT2D eigenvalue weighted by Crippen LogP contribution is 2.32. The van der Waals surface area contributed by atoms with Crippen molar-refractivity contribution in [2.45, 2.75) is 31.8 Å². The Morgan fingerprint density at radius 3 is 2.42 bits per heavy atom. The van der Waals surface area contributed by atoms with Gasteiger partial charge in [-0.2, -0.15) is 0 Å². The average molecular weight is 333 g/mol. The highest BCUT2D eigenvalue weighted by atomic mass is 16.3. The second-order valence-corrected chi connectivity index (χ2v) is 7.43. The molecule has 0 aromatic heterocycles. The summed E-state index contributed by atoms with van der Waals surface area (Å²) < 4.78 is 0. The zero-order valence-electron chi connectivity index (χ0n) is 15.3. The lowest BCUT2D eigenvalue weighted by molar-refractivity contribution is -0.133. The summed E-state index contributed by atoms with van der Waals surface area (Å²) in [7, 11) is 3.84. The van der Waals surface area contributed by atoms with Gasteiger partial charge in [-0.1, -0.05) is 44.2 Å². The van der Waals surface area contributed by atoms with E-state index in [1.807, 2.05) is 42.1 Å². The van der Waals surface area contributed by atoms with E-state index in [1.165, 1.54) is 5.56 Å². The maximum absolute atomic E-state index is 12.6. The lowest BCUT2D eigenvalue weighted by Crippen LogP contribution is -2.65. The minimum Gasteiger partial charge on any atom is -0.395 e. The first-order valence-corrected chi connectivity index (χ1v) is 8.76. The van der Waals surface area contributed by atoms with Crippen molar-refractivity contribution in [2.75, 3.05) is 40.3 Å². The molecule has 5 nitrogen and oxygen atoms in total. The van der Waals surface area contributed by atoms with E-state index in [-0.39, 0.29) is 30.5 Å². The van der Waals surface area contributed by atoms with Gasteiger partial charge in [-0.05, 0) is 25.6 Å². The van der Waals surface area contributed by atoms with Gasteiger partial charge in [0.25, 0.3) is 0 Å². The van der Waals surface area contributed by atoms with Crippen molar-refractivity contribution in [2.24, 2.45) is 5.92 Å². The molecule has 1 aromatic rings. The Morgan fingerprint density at radius 2 is 1.88 bits per heavy atom. The summed E-state index contributed by atoms with van der Waals surface area (Å²) in [6.45, 7) is 6.26. The second kappa shape index (κ2) is 8.60. The molecule has 0 saturated carbocycles. The molecule has 1 amide bonds. The third-order valence-electron chi connectivity index (χ3n) is 4.48. The van der Waals surface area contributed by atoms with E-state index in [9.17, 15) is 9.90 Å². The summed E-state index contributed by atoms with van der Waals surface area (Å²) in [5.41, 5.74) is 1.23. The van der Waals surface area contributed by atoms with Crippen molar-refractivity contribution in [3.8, 4) is 0 Å². The van der Waals surface area contributed by atoms with Gasteiger partial charge in [-0.15, -0.1) is 0 Å². The number of nitrogens with one attached hydrogen (secondary N) is 1. The normalized spacial score (nSPS) is 23.4. The highest BCUT2D eigenvalue weighted by molar-refractivity contribution is 5.78. The minimum atomic E-state index is 0.0715. The maximum Gasteiger partial charge on any atom is 0.236 e. The average Bonchev–Trinajstić information content (AvgIpc) is 2.49. The van der Waals surface area contributed by atoms with Gasteiger partial charge in [0.2, 0.25) is 5.91 Å². The predicted octanol–water partition coefficient (Wildman–Crippen LogP) is 1.15. The molecule has 3 atom stereocenters. The first-order chi connectivity index (χ1) is 11.4. The molecule has 5 heteroatoms. The predicted molar refractivity (Wildman–Crippen MR) is 97.0 cm³/mol. The van der Waals surface area contributed by atoms with Gasteiger partial charge < -0.3 is 20.2 Å². The highest BCUT2D eigenvalue weighted by Gasteiger charge is 2.42. The number of amides is 1. The van der Waals surface area contributed by atoms with Gasteiger partial charge in [-0.25, -0.2) is 0 Å². The fraction of sp³-hybridized carbons (Fsp3) is 0.632. The number of nitrogens with zero attached hydrogens (tertiary/aromatic N) is 2. The van der Waals surface area contributed by atoms with Gasteiger partial charge in [0.15, 0.2) is 0 Å². The summed E-state index contributed by atoms with van der Waals surface area (Å²) in [5, 5.41) is 13.0. The van der Waals surface area contributed by atoms with Gasteiger partial charge in [-0.3, -0.25) is 4.79 Å². The number of carbonyl (C=O) groups excluding carboxylic acids is 1. The minimum absolute atomic E-state index is 0.0715. The van der Waals surface area contributed by atoms with E-state index >= 15 is 0 Å². The van der Waals surface area contributed by atoms with Crippen LogP contribution in [0.4, 0.5) is 0 Å². The molecule has 1 heterocycles. The van der Waals surface area contributed by atoms with Crippen molar-refractivity contribution >= 4 is 5.91 Å². The van der Waals surface area contributed by atoms with Crippen molar-refractivity contribution in [3.05, 3.63) is 35.9 Å².